The standard InChI is InChI=1S/C17H27N5/c1-7-14-13(10-22(6)21-14)9-18-16-8-15(11(2)3)19-17(20-16)12(4)5/h8,10-12H,7,9H2,1-6H3,(H,18,19,20). The number of hydrogen-bond donors (Lipinski definition) is 1. The summed E-state index contributed by atoms with van der Waals surface area (Å²) in [6.45, 7) is 11.4. The van der Waals surface area contributed by atoms with E-state index in [1.54, 1.807) is 0 Å². The molecule has 2 heterocycles. The molecule has 0 amide bonds. The number of nitrogens with one attached hydrogen (secondary N) is 1. The fourth-order valence-corrected chi connectivity index (χ4v) is 2.34. The van der Waals surface area contributed by atoms with Crippen LogP contribution in [0.4, 0.5) is 5.82 Å². The van der Waals surface area contributed by atoms with E-state index in [0.717, 1.165) is 36.0 Å². The van der Waals surface area contributed by atoms with Gasteiger partial charge in [0.2, 0.25) is 0 Å². The lowest BCUT2D eigenvalue weighted by atomic mass is 10.1. The highest BCUT2D eigenvalue weighted by molar-refractivity contribution is 5.38. The number of rotatable bonds is 6. The van der Waals surface area contributed by atoms with Gasteiger partial charge in [-0.05, 0) is 12.3 Å². The zero-order valence-corrected chi connectivity index (χ0v) is 14.5. The number of aromatic nitrogens is 4. The van der Waals surface area contributed by atoms with Crippen LogP contribution in [0.15, 0.2) is 12.3 Å². The van der Waals surface area contributed by atoms with Gasteiger partial charge in [-0.25, -0.2) is 9.97 Å². The Morgan fingerprint density at radius 1 is 1.14 bits per heavy atom. The third kappa shape index (κ3) is 3.84. The third-order valence-corrected chi connectivity index (χ3v) is 3.66. The molecular formula is C17H27N5. The van der Waals surface area contributed by atoms with Crippen LogP contribution in [0.1, 0.15) is 69.2 Å². The Morgan fingerprint density at radius 2 is 1.86 bits per heavy atom. The van der Waals surface area contributed by atoms with Crippen LogP contribution in [0.2, 0.25) is 0 Å². The molecule has 0 radical (unpaired) electrons. The number of anilines is 1. The maximum absolute atomic E-state index is 4.66. The predicted molar refractivity (Wildman–Crippen MR) is 90.1 cm³/mol. The Hall–Kier alpha value is -1.91. The highest BCUT2D eigenvalue weighted by Gasteiger charge is 2.11. The molecule has 0 saturated heterocycles. The molecule has 0 aromatic carbocycles. The summed E-state index contributed by atoms with van der Waals surface area (Å²) in [6, 6.07) is 2.05. The fraction of sp³-hybridized carbons (Fsp3) is 0.588. The molecule has 120 valence electrons. The Labute approximate surface area is 133 Å². The molecule has 2 rings (SSSR count). The van der Waals surface area contributed by atoms with Crippen molar-refractivity contribution in [1.29, 1.82) is 0 Å². The number of hydrogen-bond acceptors (Lipinski definition) is 4. The Bertz CT molecular complexity index is 602. The highest BCUT2D eigenvalue weighted by Crippen LogP contribution is 2.20. The Kier molecular flexibility index (Phi) is 5.16. The van der Waals surface area contributed by atoms with Crippen molar-refractivity contribution >= 4 is 5.82 Å². The van der Waals surface area contributed by atoms with Crippen LogP contribution in [0.3, 0.4) is 0 Å². The molecule has 5 heteroatoms. The monoisotopic (exact) mass is 301 g/mol. The predicted octanol–water partition coefficient (Wildman–Crippen LogP) is 3.63. The smallest absolute Gasteiger partial charge is 0.133 e. The lowest BCUT2D eigenvalue weighted by Gasteiger charge is -2.13. The van der Waals surface area contributed by atoms with E-state index in [1.165, 1.54) is 5.56 Å². The second-order valence-electron chi connectivity index (χ2n) is 6.33. The number of nitrogens with zero attached hydrogens (tertiary/aromatic N) is 4. The second kappa shape index (κ2) is 6.90. The summed E-state index contributed by atoms with van der Waals surface area (Å²) in [6.07, 6.45) is 3.01. The van der Waals surface area contributed by atoms with E-state index in [1.807, 2.05) is 11.7 Å². The lowest BCUT2D eigenvalue weighted by molar-refractivity contribution is 0.730. The normalized spacial score (nSPS) is 11.5. The molecule has 0 atom stereocenters. The molecule has 0 aliphatic heterocycles. The van der Waals surface area contributed by atoms with Gasteiger partial charge in [-0.2, -0.15) is 5.10 Å². The lowest BCUT2D eigenvalue weighted by Crippen LogP contribution is -2.09. The quantitative estimate of drug-likeness (QED) is 0.885. The molecule has 0 fully saturated rings. The first kappa shape index (κ1) is 16.5. The van der Waals surface area contributed by atoms with Gasteiger partial charge >= 0.3 is 0 Å². The molecule has 2 aromatic rings. The minimum Gasteiger partial charge on any atom is -0.366 e. The first-order valence-corrected chi connectivity index (χ1v) is 8.04. The summed E-state index contributed by atoms with van der Waals surface area (Å²) in [7, 11) is 1.96. The summed E-state index contributed by atoms with van der Waals surface area (Å²) >= 11 is 0. The molecule has 0 unspecified atom stereocenters. The van der Waals surface area contributed by atoms with Crippen molar-refractivity contribution in [3.05, 3.63) is 35.0 Å². The first-order valence-electron chi connectivity index (χ1n) is 8.04. The van der Waals surface area contributed by atoms with Gasteiger partial charge in [0.1, 0.15) is 11.6 Å². The summed E-state index contributed by atoms with van der Waals surface area (Å²) in [5, 5.41) is 7.91. The molecule has 0 spiro atoms. The molecule has 0 aliphatic carbocycles. The van der Waals surface area contributed by atoms with Gasteiger partial charge in [-0.3, -0.25) is 4.68 Å². The Balaban J connectivity index is 2.21. The largest absolute Gasteiger partial charge is 0.366 e. The average molecular weight is 301 g/mol. The van der Waals surface area contributed by atoms with Crippen molar-refractivity contribution in [3.8, 4) is 0 Å². The molecule has 5 nitrogen and oxygen atoms in total. The molecule has 0 aliphatic rings. The van der Waals surface area contributed by atoms with Crippen molar-refractivity contribution in [2.75, 3.05) is 5.32 Å². The van der Waals surface area contributed by atoms with E-state index in [4.69, 9.17) is 0 Å². The van der Waals surface area contributed by atoms with E-state index in [9.17, 15) is 0 Å². The van der Waals surface area contributed by atoms with E-state index < -0.39 is 0 Å². The Morgan fingerprint density at radius 3 is 2.45 bits per heavy atom. The van der Waals surface area contributed by atoms with Crippen LogP contribution in [-0.2, 0) is 20.0 Å². The van der Waals surface area contributed by atoms with E-state index in [-0.39, 0.29) is 0 Å². The summed E-state index contributed by atoms with van der Waals surface area (Å²) in [5.74, 6) is 2.51. The van der Waals surface area contributed by atoms with Crippen LogP contribution in [0.25, 0.3) is 0 Å². The van der Waals surface area contributed by atoms with E-state index >= 15 is 0 Å². The van der Waals surface area contributed by atoms with Crippen LogP contribution in [0.5, 0.6) is 0 Å². The second-order valence-corrected chi connectivity index (χ2v) is 6.33. The summed E-state index contributed by atoms with van der Waals surface area (Å²) in [4.78, 5) is 9.30. The van der Waals surface area contributed by atoms with Crippen molar-refractivity contribution in [3.63, 3.8) is 0 Å². The van der Waals surface area contributed by atoms with Crippen molar-refractivity contribution in [2.45, 2.75) is 59.4 Å². The number of aryl methyl sites for hydroxylation is 2. The fourth-order valence-electron chi connectivity index (χ4n) is 2.34. The van der Waals surface area contributed by atoms with Gasteiger partial charge in [0, 0.05) is 43.0 Å². The maximum Gasteiger partial charge on any atom is 0.133 e. The summed E-state index contributed by atoms with van der Waals surface area (Å²) in [5.41, 5.74) is 3.45. The molecular weight excluding hydrogens is 274 g/mol. The van der Waals surface area contributed by atoms with Gasteiger partial charge < -0.3 is 5.32 Å². The molecule has 22 heavy (non-hydrogen) atoms. The van der Waals surface area contributed by atoms with Gasteiger partial charge in [0.05, 0.1) is 5.69 Å². The molecule has 2 aromatic heterocycles. The molecule has 1 N–H and O–H groups in total. The van der Waals surface area contributed by atoms with Crippen LogP contribution in [0, 0.1) is 0 Å². The van der Waals surface area contributed by atoms with Gasteiger partial charge in [-0.15, -0.1) is 0 Å². The molecule has 0 bridgehead atoms. The SMILES string of the molecule is CCc1nn(C)cc1CNc1cc(C(C)C)nc(C(C)C)n1. The van der Waals surface area contributed by atoms with Crippen LogP contribution < -0.4 is 5.32 Å². The van der Waals surface area contributed by atoms with Crippen LogP contribution in [-0.4, -0.2) is 19.7 Å². The zero-order valence-electron chi connectivity index (χ0n) is 14.5. The van der Waals surface area contributed by atoms with Crippen molar-refractivity contribution < 1.29 is 0 Å². The minimum atomic E-state index is 0.323. The maximum atomic E-state index is 4.66. The molecule has 0 saturated carbocycles. The third-order valence-electron chi connectivity index (χ3n) is 3.66. The topological polar surface area (TPSA) is 55.6 Å². The minimum absolute atomic E-state index is 0.323. The van der Waals surface area contributed by atoms with Crippen molar-refractivity contribution in [1.82, 2.24) is 19.7 Å². The zero-order chi connectivity index (χ0) is 16.3. The van der Waals surface area contributed by atoms with Crippen molar-refractivity contribution in [2.24, 2.45) is 7.05 Å². The van der Waals surface area contributed by atoms with E-state index in [2.05, 4.69) is 67.3 Å². The summed E-state index contributed by atoms with van der Waals surface area (Å²) < 4.78 is 1.87. The van der Waals surface area contributed by atoms with Gasteiger partial charge in [0.25, 0.3) is 0 Å². The van der Waals surface area contributed by atoms with Crippen LogP contribution >= 0.6 is 0 Å². The van der Waals surface area contributed by atoms with E-state index in [0.29, 0.717) is 11.8 Å². The highest BCUT2D eigenvalue weighted by atomic mass is 15.3. The van der Waals surface area contributed by atoms with Gasteiger partial charge in [0.15, 0.2) is 0 Å². The average Bonchev–Trinajstić information content (AvgIpc) is 2.84. The first-order chi connectivity index (χ1) is 10.4. The van der Waals surface area contributed by atoms with Gasteiger partial charge in [-0.1, -0.05) is 34.6 Å².